The van der Waals surface area contributed by atoms with Gasteiger partial charge in [-0.25, -0.2) is 0 Å². The third kappa shape index (κ3) is 0.368. The lowest BCUT2D eigenvalue weighted by Gasteiger charge is -2.32. The largest absolute Gasteiger partial charge is 0.303 e. The topological polar surface area (TPSA) is 3.24 Å². The van der Waals surface area contributed by atoms with E-state index in [1.54, 1.807) is 0 Å². The van der Waals surface area contributed by atoms with Crippen molar-refractivity contribution in [1.29, 1.82) is 0 Å². The zero-order valence-corrected chi connectivity index (χ0v) is 5.59. The zero-order valence-electron chi connectivity index (χ0n) is 5.59. The molecule has 46 valence electrons. The molecule has 2 aliphatic heterocycles. The minimum atomic E-state index is 0.958. The van der Waals surface area contributed by atoms with Crippen molar-refractivity contribution in [2.24, 2.45) is 11.8 Å². The van der Waals surface area contributed by atoms with E-state index >= 15 is 0 Å². The van der Waals surface area contributed by atoms with Crippen LogP contribution in [0.2, 0.25) is 0 Å². The summed E-state index contributed by atoms with van der Waals surface area (Å²) in [5.74, 6) is 2.07. The Labute approximate surface area is 50.7 Å². The highest BCUT2D eigenvalue weighted by molar-refractivity contribution is 5.00. The van der Waals surface area contributed by atoms with Crippen LogP contribution in [0.25, 0.3) is 0 Å². The highest BCUT2D eigenvalue weighted by atomic mass is 15.2. The van der Waals surface area contributed by atoms with Gasteiger partial charge in [-0.1, -0.05) is 6.92 Å². The Hall–Kier alpha value is -0.0400. The fraction of sp³-hybridized carbons (Fsp3) is 1.00. The van der Waals surface area contributed by atoms with Crippen molar-refractivity contribution in [3.8, 4) is 0 Å². The van der Waals surface area contributed by atoms with Crippen LogP contribution in [0, 0.1) is 11.8 Å². The molecule has 0 N–H and O–H groups in total. The third-order valence-corrected chi connectivity index (χ3v) is 2.98. The Morgan fingerprint density at radius 1 is 1.50 bits per heavy atom. The van der Waals surface area contributed by atoms with E-state index in [-0.39, 0.29) is 0 Å². The van der Waals surface area contributed by atoms with Crippen molar-refractivity contribution in [1.82, 2.24) is 4.90 Å². The van der Waals surface area contributed by atoms with E-state index in [4.69, 9.17) is 0 Å². The molecule has 3 aliphatic rings. The first-order valence-corrected chi connectivity index (χ1v) is 3.49. The SMILES string of the molecule is CC1C2CC1N(C)C2. The van der Waals surface area contributed by atoms with Crippen LogP contribution < -0.4 is 0 Å². The van der Waals surface area contributed by atoms with E-state index < -0.39 is 0 Å². The molecule has 0 amide bonds. The molecular formula is C7H13N. The molecule has 2 saturated heterocycles. The number of fused-ring (bicyclic) bond motifs is 1. The summed E-state index contributed by atoms with van der Waals surface area (Å²) in [5.41, 5.74) is 0. The summed E-state index contributed by atoms with van der Waals surface area (Å²) < 4.78 is 0. The summed E-state index contributed by atoms with van der Waals surface area (Å²) >= 11 is 0. The highest BCUT2D eigenvalue weighted by Crippen LogP contribution is 2.44. The van der Waals surface area contributed by atoms with Gasteiger partial charge in [-0.3, -0.25) is 0 Å². The van der Waals surface area contributed by atoms with E-state index in [1.165, 1.54) is 13.0 Å². The van der Waals surface area contributed by atoms with Crippen LogP contribution in [0.15, 0.2) is 0 Å². The van der Waals surface area contributed by atoms with Gasteiger partial charge in [0, 0.05) is 12.6 Å². The molecule has 3 rings (SSSR count). The number of hydrogen-bond acceptors (Lipinski definition) is 1. The number of hydrogen-bond donors (Lipinski definition) is 0. The second kappa shape index (κ2) is 1.27. The van der Waals surface area contributed by atoms with Gasteiger partial charge in [-0.05, 0) is 25.3 Å². The fourth-order valence-electron chi connectivity index (χ4n) is 2.19. The molecular weight excluding hydrogens is 98.1 g/mol. The molecule has 3 atom stereocenters. The van der Waals surface area contributed by atoms with Crippen molar-refractivity contribution in [2.75, 3.05) is 13.6 Å². The number of rotatable bonds is 0. The van der Waals surface area contributed by atoms with Gasteiger partial charge >= 0.3 is 0 Å². The smallest absolute Gasteiger partial charge is 0.0124 e. The summed E-state index contributed by atoms with van der Waals surface area (Å²) in [6.07, 6.45) is 1.48. The molecule has 2 bridgehead atoms. The van der Waals surface area contributed by atoms with Gasteiger partial charge < -0.3 is 4.90 Å². The Bertz CT molecular complexity index is 107. The average molecular weight is 111 g/mol. The minimum absolute atomic E-state index is 0.958. The summed E-state index contributed by atoms with van der Waals surface area (Å²) in [5, 5.41) is 0. The average Bonchev–Trinajstić information content (AvgIpc) is 2.19. The third-order valence-electron chi connectivity index (χ3n) is 2.98. The molecule has 3 unspecified atom stereocenters. The lowest BCUT2D eigenvalue weighted by Crippen LogP contribution is -2.35. The maximum atomic E-state index is 2.50. The molecule has 8 heavy (non-hydrogen) atoms. The van der Waals surface area contributed by atoms with Gasteiger partial charge in [0.1, 0.15) is 0 Å². The zero-order chi connectivity index (χ0) is 5.72. The molecule has 3 fully saturated rings. The minimum Gasteiger partial charge on any atom is -0.303 e. The Morgan fingerprint density at radius 3 is 2.38 bits per heavy atom. The van der Waals surface area contributed by atoms with Crippen LogP contribution in [0.4, 0.5) is 0 Å². The van der Waals surface area contributed by atoms with Crippen LogP contribution in [0.5, 0.6) is 0 Å². The number of nitrogens with zero attached hydrogens (tertiary/aromatic N) is 1. The highest BCUT2D eigenvalue weighted by Gasteiger charge is 2.47. The van der Waals surface area contributed by atoms with Crippen molar-refractivity contribution in [3.05, 3.63) is 0 Å². The molecule has 2 heterocycles. The van der Waals surface area contributed by atoms with Gasteiger partial charge in [-0.15, -0.1) is 0 Å². The van der Waals surface area contributed by atoms with Crippen LogP contribution in [0.3, 0.4) is 0 Å². The molecule has 0 radical (unpaired) electrons. The van der Waals surface area contributed by atoms with Gasteiger partial charge in [0.2, 0.25) is 0 Å². The van der Waals surface area contributed by atoms with Crippen LogP contribution in [0.1, 0.15) is 13.3 Å². The van der Waals surface area contributed by atoms with Crippen LogP contribution in [-0.2, 0) is 0 Å². The Kier molecular flexibility index (Phi) is 0.762. The predicted molar refractivity (Wildman–Crippen MR) is 33.7 cm³/mol. The van der Waals surface area contributed by atoms with E-state index in [0.29, 0.717) is 0 Å². The summed E-state index contributed by atoms with van der Waals surface area (Å²) in [6, 6.07) is 0.958. The first kappa shape index (κ1) is 4.80. The molecule has 0 spiro atoms. The lowest BCUT2D eigenvalue weighted by molar-refractivity contribution is 0.189. The van der Waals surface area contributed by atoms with Crippen molar-refractivity contribution >= 4 is 0 Å². The molecule has 0 aromatic carbocycles. The molecule has 0 aromatic heterocycles. The second-order valence-electron chi connectivity index (χ2n) is 3.36. The molecule has 0 aromatic rings. The predicted octanol–water partition coefficient (Wildman–Crippen LogP) is 0.956. The second-order valence-corrected chi connectivity index (χ2v) is 3.36. The van der Waals surface area contributed by atoms with Crippen LogP contribution >= 0.6 is 0 Å². The van der Waals surface area contributed by atoms with Crippen molar-refractivity contribution in [2.45, 2.75) is 19.4 Å². The summed E-state index contributed by atoms with van der Waals surface area (Å²) in [4.78, 5) is 2.50. The standard InChI is InChI=1S/C7H13N/c1-5-6-3-7(5)8(2)4-6/h5-7H,3-4H2,1-2H3. The maximum Gasteiger partial charge on any atom is 0.0124 e. The summed E-state index contributed by atoms with van der Waals surface area (Å²) in [7, 11) is 2.24. The normalized spacial score (nSPS) is 54.0. The van der Waals surface area contributed by atoms with E-state index in [2.05, 4.69) is 18.9 Å². The van der Waals surface area contributed by atoms with E-state index in [1.807, 2.05) is 0 Å². The maximum absolute atomic E-state index is 2.50. The molecule has 1 heteroatoms. The first-order chi connectivity index (χ1) is 3.79. The van der Waals surface area contributed by atoms with Gasteiger partial charge in [0.05, 0.1) is 0 Å². The van der Waals surface area contributed by atoms with Crippen LogP contribution in [-0.4, -0.2) is 24.5 Å². The fourth-order valence-corrected chi connectivity index (χ4v) is 2.19. The monoisotopic (exact) mass is 111 g/mol. The van der Waals surface area contributed by atoms with E-state index in [0.717, 1.165) is 17.9 Å². The van der Waals surface area contributed by atoms with Gasteiger partial charge in [0.25, 0.3) is 0 Å². The quantitative estimate of drug-likeness (QED) is 0.450. The molecule has 1 nitrogen and oxygen atoms in total. The van der Waals surface area contributed by atoms with Gasteiger partial charge in [-0.2, -0.15) is 0 Å². The molecule has 1 aliphatic carbocycles. The van der Waals surface area contributed by atoms with E-state index in [9.17, 15) is 0 Å². The van der Waals surface area contributed by atoms with Crippen molar-refractivity contribution < 1.29 is 0 Å². The summed E-state index contributed by atoms with van der Waals surface area (Å²) in [6.45, 7) is 3.74. The van der Waals surface area contributed by atoms with Gasteiger partial charge in [0.15, 0.2) is 0 Å². The lowest BCUT2D eigenvalue weighted by atomic mass is 9.75. The molecule has 1 saturated carbocycles. The van der Waals surface area contributed by atoms with Crippen molar-refractivity contribution in [3.63, 3.8) is 0 Å². The Morgan fingerprint density at radius 2 is 2.25 bits per heavy atom. The first-order valence-electron chi connectivity index (χ1n) is 3.49. The Balaban J connectivity index is 2.13.